The van der Waals surface area contributed by atoms with Crippen LogP contribution in [0.3, 0.4) is 0 Å². The van der Waals surface area contributed by atoms with E-state index in [-0.39, 0.29) is 0 Å². The van der Waals surface area contributed by atoms with Crippen LogP contribution in [0.2, 0.25) is 0 Å². The van der Waals surface area contributed by atoms with Crippen molar-refractivity contribution in [2.45, 2.75) is 13.8 Å². The fourth-order valence-corrected chi connectivity index (χ4v) is 11.2. The summed E-state index contributed by atoms with van der Waals surface area (Å²) < 4.78 is 29.5. The van der Waals surface area contributed by atoms with Crippen LogP contribution in [-0.2, 0) is 0 Å². The van der Waals surface area contributed by atoms with E-state index >= 15 is 0 Å². The lowest BCUT2D eigenvalue weighted by molar-refractivity contribution is 0.511. The molecular weight excluding hydrogens is 532 g/mol. The predicted molar refractivity (Wildman–Crippen MR) is 171 cm³/mol. The first kappa shape index (κ1) is 26.5. The Morgan fingerprint density at radius 3 is 0.900 bits per heavy atom. The third kappa shape index (κ3) is 4.88. The van der Waals surface area contributed by atoms with Gasteiger partial charge in [0.2, 0.25) is 0 Å². The SMILES string of the molecule is Cc1c(P(c2ccccc2)c2ccccc2)c(P(c2ccccc2)c2ccccc2)c(C)c2cc(F)c(F)cc12. The number of rotatable bonds is 6. The fourth-order valence-electron chi connectivity index (χ4n) is 5.45. The van der Waals surface area contributed by atoms with Gasteiger partial charge in [-0.05, 0) is 95.5 Å². The van der Waals surface area contributed by atoms with E-state index < -0.39 is 27.5 Å². The number of hydrogen-bond donors (Lipinski definition) is 0. The molecule has 0 aliphatic heterocycles. The Morgan fingerprint density at radius 1 is 0.400 bits per heavy atom. The zero-order valence-corrected chi connectivity index (χ0v) is 24.1. The van der Waals surface area contributed by atoms with Crippen LogP contribution in [0.25, 0.3) is 10.8 Å². The second-order valence-corrected chi connectivity index (χ2v) is 14.1. The van der Waals surface area contributed by atoms with Gasteiger partial charge in [0, 0.05) is 0 Å². The van der Waals surface area contributed by atoms with Gasteiger partial charge in [-0.1, -0.05) is 121 Å². The highest BCUT2D eigenvalue weighted by molar-refractivity contribution is 7.85. The minimum absolute atomic E-state index is 0.769. The summed E-state index contributed by atoms with van der Waals surface area (Å²) in [6.45, 7) is 4.17. The molecule has 0 N–H and O–H groups in total. The summed E-state index contributed by atoms with van der Waals surface area (Å²) in [5.74, 6) is -1.63. The molecule has 6 aromatic carbocycles. The van der Waals surface area contributed by atoms with Crippen LogP contribution in [0.1, 0.15) is 11.1 Å². The molecule has 0 radical (unpaired) electrons. The number of hydrogen-bond acceptors (Lipinski definition) is 0. The van der Waals surface area contributed by atoms with E-state index in [2.05, 4.69) is 111 Å². The van der Waals surface area contributed by atoms with Gasteiger partial charge < -0.3 is 0 Å². The fraction of sp³-hybridized carbons (Fsp3) is 0.0556. The Labute approximate surface area is 236 Å². The normalized spacial score (nSPS) is 11.4. The van der Waals surface area contributed by atoms with Gasteiger partial charge in [0.1, 0.15) is 0 Å². The maximum Gasteiger partial charge on any atom is 0.159 e. The minimum Gasteiger partial charge on any atom is -0.204 e. The van der Waals surface area contributed by atoms with Crippen LogP contribution >= 0.6 is 15.8 Å². The summed E-state index contributed by atoms with van der Waals surface area (Å²) in [5, 5.41) is 8.90. The maximum absolute atomic E-state index is 14.8. The summed E-state index contributed by atoms with van der Waals surface area (Å²) in [6, 6.07) is 45.2. The van der Waals surface area contributed by atoms with Gasteiger partial charge in [0.25, 0.3) is 0 Å². The molecule has 0 saturated heterocycles. The lowest BCUT2D eigenvalue weighted by Gasteiger charge is -2.31. The van der Waals surface area contributed by atoms with E-state index in [9.17, 15) is 8.78 Å². The van der Waals surface area contributed by atoms with Gasteiger partial charge in [-0.15, -0.1) is 0 Å². The summed E-state index contributed by atoms with van der Waals surface area (Å²) in [5.41, 5.74) is 2.01. The molecule has 0 unspecified atom stereocenters. The maximum atomic E-state index is 14.8. The van der Waals surface area contributed by atoms with Crippen LogP contribution in [0, 0.1) is 25.5 Å². The zero-order chi connectivity index (χ0) is 27.6. The van der Waals surface area contributed by atoms with E-state index in [1.807, 2.05) is 24.3 Å². The van der Waals surface area contributed by atoms with Gasteiger partial charge in [-0.2, -0.15) is 0 Å². The third-order valence-corrected chi connectivity index (χ3v) is 12.8. The molecular formula is C36H28F2P2. The van der Waals surface area contributed by atoms with E-state index in [0.717, 1.165) is 21.9 Å². The molecule has 196 valence electrons. The molecule has 0 atom stereocenters. The van der Waals surface area contributed by atoms with Crippen LogP contribution in [-0.4, -0.2) is 0 Å². The van der Waals surface area contributed by atoms with E-state index in [0.29, 0.717) is 0 Å². The van der Waals surface area contributed by atoms with Crippen molar-refractivity contribution in [3.05, 3.63) is 156 Å². The monoisotopic (exact) mass is 560 g/mol. The predicted octanol–water partition coefficient (Wildman–Crippen LogP) is 7.25. The molecule has 0 aromatic heterocycles. The highest BCUT2D eigenvalue weighted by atomic mass is 31.1. The Morgan fingerprint density at radius 2 is 0.650 bits per heavy atom. The van der Waals surface area contributed by atoms with Crippen LogP contribution in [0.4, 0.5) is 8.78 Å². The van der Waals surface area contributed by atoms with Crippen molar-refractivity contribution in [1.82, 2.24) is 0 Å². The van der Waals surface area contributed by atoms with E-state index in [1.165, 1.54) is 44.0 Å². The second-order valence-electron chi connectivity index (χ2n) is 9.77. The zero-order valence-electron chi connectivity index (χ0n) is 22.4. The first-order valence-corrected chi connectivity index (χ1v) is 16.0. The Hall–Kier alpha value is -3.70. The number of halogens is 2. The molecule has 6 aromatic rings. The number of fused-ring (bicyclic) bond motifs is 1. The minimum atomic E-state index is -1.01. The molecule has 0 heterocycles. The Balaban J connectivity index is 1.79. The molecule has 0 aliphatic rings. The van der Waals surface area contributed by atoms with Crippen molar-refractivity contribution in [2.75, 3.05) is 0 Å². The Bertz CT molecular complexity index is 1560. The topological polar surface area (TPSA) is 0 Å². The lowest BCUT2D eigenvalue weighted by Crippen LogP contribution is -2.38. The first-order chi connectivity index (χ1) is 19.5. The molecule has 4 heteroatoms. The summed E-state index contributed by atoms with van der Waals surface area (Å²) >= 11 is 0. The second kappa shape index (κ2) is 11.4. The van der Waals surface area contributed by atoms with Crippen molar-refractivity contribution < 1.29 is 8.78 Å². The summed E-state index contributed by atoms with van der Waals surface area (Å²) in [6.07, 6.45) is 0. The van der Waals surface area contributed by atoms with Crippen LogP contribution in [0.5, 0.6) is 0 Å². The van der Waals surface area contributed by atoms with Crippen LogP contribution < -0.4 is 31.8 Å². The molecule has 0 saturated carbocycles. The Kier molecular flexibility index (Phi) is 7.57. The van der Waals surface area contributed by atoms with Crippen molar-refractivity contribution in [2.24, 2.45) is 0 Å². The molecule has 6 rings (SSSR count). The van der Waals surface area contributed by atoms with Gasteiger partial charge in [0.15, 0.2) is 11.6 Å². The van der Waals surface area contributed by atoms with Gasteiger partial charge in [-0.25, -0.2) is 8.78 Å². The molecule has 0 spiro atoms. The molecule has 0 aliphatic carbocycles. The number of benzene rings is 6. The quantitative estimate of drug-likeness (QED) is 0.188. The molecule has 40 heavy (non-hydrogen) atoms. The van der Waals surface area contributed by atoms with Crippen molar-refractivity contribution in [3.63, 3.8) is 0 Å². The highest BCUT2D eigenvalue weighted by Gasteiger charge is 2.31. The molecule has 0 amide bonds. The van der Waals surface area contributed by atoms with Crippen molar-refractivity contribution in [1.29, 1.82) is 0 Å². The summed E-state index contributed by atoms with van der Waals surface area (Å²) in [7, 11) is -2.02. The van der Waals surface area contributed by atoms with Crippen molar-refractivity contribution >= 4 is 58.4 Å². The third-order valence-electron chi connectivity index (χ3n) is 7.31. The van der Waals surface area contributed by atoms with Gasteiger partial charge in [0.05, 0.1) is 0 Å². The van der Waals surface area contributed by atoms with E-state index in [1.54, 1.807) is 0 Å². The van der Waals surface area contributed by atoms with Gasteiger partial charge >= 0.3 is 0 Å². The average Bonchev–Trinajstić information content (AvgIpc) is 3.00. The summed E-state index contributed by atoms with van der Waals surface area (Å²) in [4.78, 5) is 0. The molecule has 0 fully saturated rings. The first-order valence-electron chi connectivity index (χ1n) is 13.3. The van der Waals surface area contributed by atoms with Gasteiger partial charge in [-0.3, -0.25) is 0 Å². The number of aryl methyl sites for hydroxylation is 2. The highest BCUT2D eigenvalue weighted by Crippen LogP contribution is 2.43. The molecule has 0 nitrogen and oxygen atoms in total. The standard InChI is InChI=1S/C36H28F2P2/c1-25-31-23-33(37)34(38)24-32(31)26(2)36(40(29-19-11-5-12-20-29)30-21-13-6-14-22-30)35(25)39(27-15-7-3-8-16-27)28-17-9-4-10-18-28/h3-24H,1-2H3. The lowest BCUT2D eigenvalue weighted by atomic mass is 10.0. The smallest absolute Gasteiger partial charge is 0.159 e. The van der Waals surface area contributed by atoms with E-state index in [4.69, 9.17) is 0 Å². The van der Waals surface area contributed by atoms with Crippen LogP contribution in [0.15, 0.2) is 133 Å². The molecule has 0 bridgehead atoms. The van der Waals surface area contributed by atoms with Crippen molar-refractivity contribution in [3.8, 4) is 0 Å². The largest absolute Gasteiger partial charge is 0.204 e. The average molecular weight is 561 g/mol.